The molecule has 0 bridgehead atoms. The van der Waals surface area contributed by atoms with E-state index in [0.717, 1.165) is 16.6 Å². The van der Waals surface area contributed by atoms with Gasteiger partial charge in [0, 0.05) is 15.8 Å². The molecule has 0 aliphatic rings. The Bertz CT molecular complexity index is 1480. The molecule has 0 saturated carbocycles. The number of hydrogen-bond donors (Lipinski definition) is 0. The highest BCUT2D eigenvalue weighted by atomic mass is 35.5. The van der Waals surface area contributed by atoms with Gasteiger partial charge in [0.05, 0.1) is 12.1 Å². The normalized spacial score (nSPS) is 11.6. The Morgan fingerprint density at radius 3 is 2.65 bits per heavy atom. The molecule has 31 heavy (non-hydrogen) atoms. The van der Waals surface area contributed by atoms with Gasteiger partial charge in [-0.1, -0.05) is 53.2 Å². The van der Waals surface area contributed by atoms with Crippen molar-refractivity contribution in [1.82, 2.24) is 19.2 Å². The molecule has 0 radical (unpaired) electrons. The van der Waals surface area contributed by atoms with Gasteiger partial charge in [0.1, 0.15) is 10.5 Å². The third-order valence-electron chi connectivity index (χ3n) is 4.81. The summed E-state index contributed by atoms with van der Waals surface area (Å²) in [5, 5.41) is 12.1. The number of thiophene rings is 1. The zero-order valence-corrected chi connectivity index (χ0v) is 18.9. The second-order valence-electron chi connectivity index (χ2n) is 6.80. The van der Waals surface area contributed by atoms with Crippen LogP contribution in [0.25, 0.3) is 16.0 Å². The van der Waals surface area contributed by atoms with Crippen LogP contribution in [0.3, 0.4) is 0 Å². The summed E-state index contributed by atoms with van der Waals surface area (Å²) in [6.45, 7) is 0.347. The van der Waals surface area contributed by atoms with Crippen LogP contribution >= 0.6 is 46.3 Å². The maximum Gasteiger partial charge on any atom is 0.273 e. The van der Waals surface area contributed by atoms with E-state index in [4.69, 9.17) is 23.2 Å². The van der Waals surface area contributed by atoms with Crippen LogP contribution in [-0.4, -0.2) is 19.2 Å². The predicted molar refractivity (Wildman–Crippen MR) is 124 cm³/mol. The Labute approximate surface area is 194 Å². The summed E-state index contributed by atoms with van der Waals surface area (Å²) in [5.74, 6) is 0.568. The summed E-state index contributed by atoms with van der Waals surface area (Å²) in [4.78, 5) is 13.1. The number of thioether (sulfide) groups is 1. The molecule has 10 heteroatoms. The van der Waals surface area contributed by atoms with E-state index in [1.807, 2.05) is 28.0 Å². The first kappa shape index (κ1) is 20.5. The predicted octanol–water partition coefficient (Wildman–Crippen LogP) is 5.89. The van der Waals surface area contributed by atoms with Crippen LogP contribution in [0.5, 0.6) is 0 Å². The van der Waals surface area contributed by atoms with Crippen LogP contribution in [0, 0.1) is 5.82 Å². The molecule has 3 aromatic heterocycles. The number of benzene rings is 2. The molecular formula is C21H13Cl2FN4OS2. The summed E-state index contributed by atoms with van der Waals surface area (Å²) in [6, 6.07) is 13.6. The smallest absolute Gasteiger partial charge is 0.271 e. The average Bonchev–Trinajstić information content (AvgIpc) is 3.39. The fraction of sp³-hybridized carbons (Fsp3) is 0.0952. The van der Waals surface area contributed by atoms with Gasteiger partial charge in [-0.3, -0.25) is 13.8 Å². The van der Waals surface area contributed by atoms with Crippen LogP contribution in [0.2, 0.25) is 10.0 Å². The van der Waals surface area contributed by atoms with Gasteiger partial charge >= 0.3 is 0 Å². The van der Waals surface area contributed by atoms with Crippen LogP contribution in [-0.2, 0) is 12.3 Å². The molecule has 5 rings (SSSR count). The minimum absolute atomic E-state index is 0.113. The van der Waals surface area contributed by atoms with Crippen LogP contribution < -0.4 is 5.56 Å². The molecule has 0 aliphatic carbocycles. The van der Waals surface area contributed by atoms with Crippen molar-refractivity contribution in [2.45, 2.75) is 17.5 Å². The first-order valence-electron chi connectivity index (χ1n) is 9.17. The van der Waals surface area contributed by atoms with Crippen LogP contribution in [0.15, 0.2) is 63.9 Å². The molecule has 5 nitrogen and oxygen atoms in total. The lowest BCUT2D eigenvalue weighted by molar-refractivity contribution is 0.627. The van der Waals surface area contributed by atoms with E-state index in [2.05, 4.69) is 10.2 Å². The highest BCUT2D eigenvalue weighted by Gasteiger charge is 2.18. The van der Waals surface area contributed by atoms with Gasteiger partial charge in [0.15, 0.2) is 5.16 Å². The molecule has 0 aliphatic heterocycles. The summed E-state index contributed by atoms with van der Waals surface area (Å²) < 4.78 is 17.5. The summed E-state index contributed by atoms with van der Waals surface area (Å²) in [5.41, 5.74) is 2.37. The van der Waals surface area contributed by atoms with Crippen molar-refractivity contribution in [3.05, 3.63) is 91.3 Å². The van der Waals surface area contributed by atoms with Gasteiger partial charge in [0.2, 0.25) is 5.78 Å². The fourth-order valence-corrected chi connectivity index (χ4v) is 5.50. The molecule has 5 aromatic rings. The Balaban J connectivity index is 1.59. The first-order chi connectivity index (χ1) is 15.0. The van der Waals surface area contributed by atoms with Gasteiger partial charge in [-0.25, -0.2) is 4.39 Å². The van der Waals surface area contributed by atoms with E-state index < -0.39 is 0 Å². The largest absolute Gasteiger partial charge is 0.273 e. The second-order valence-corrected chi connectivity index (χ2v) is 9.50. The van der Waals surface area contributed by atoms with Crippen LogP contribution in [0.1, 0.15) is 11.1 Å². The summed E-state index contributed by atoms with van der Waals surface area (Å²) >= 11 is 15.0. The maximum atomic E-state index is 13.3. The highest BCUT2D eigenvalue weighted by molar-refractivity contribution is 7.98. The molecule has 0 spiro atoms. The minimum atomic E-state index is -0.377. The third-order valence-corrected chi connectivity index (χ3v) is 7.28. The van der Waals surface area contributed by atoms with E-state index in [1.54, 1.807) is 22.8 Å². The van der Waals surface area contributed by atoms with Gasteiger partial charge in [-0.05, 0) is 46.8 Å². The Morgan fingerprint density at radius 2 is 1.87 bits per heavy atom. The topological polar surface area (TPSA) is 52.2 Å². The molecule has 0 amide bonds. The third kappa shape index (κ3) is 3.85. The molecular weight excluding hydrogens is 478 g/mol. The number of aromatic nitrogens is 4. The second kappa shape index (κ2) is 8.27. The maximum absolute atomic E-state index is 13.3. The minimum Gasteiger partial charge on any atom is -0.271 e. The van der Waals surface area contributed by atoms with Crippen molar-refractivity contribution in [1.29, 1.82) is 0 Å². The lowest BCUT2D eigenvalue weighted by atomic mass is 10.2. The van der Waals surface area contributed by atoms with E-state index >= 15 is 0 Å². The lowest BCUT2D eigenvalue weighted by Crippen LogP contribution is -2.23. The monoisotopic (exact) mass is 490 g/mol. The van der Waals surface area contributed by atoms with Gasteiger partial charge < -0.3 is 0 Å². The van der Waals surface area contributed by atoms with E-state index in [9.17, 15) is 9.18 Å². The SMILES string of the molecule is O=c1c2sccc2n2c(SCc3ccc(F)cc3Cl)nnc2n1Cc1ccc(Cl)cc1. The average molecular weight is 491 g/mol. The van der Waals surface area contributed by atoms with Gasteiger partial charge in [-0.15, -0.1) is 21.5 Å². The van der Waals surface area contributed by atoms with Gasteiger partial charge in [0.25, 0.3) is 5.56 Å². The standard InChI is InChI=1S/C21H13Cl2FN4OS2/c22-14-4-1-12(2-5-14)10-27-19(29)18-17(7-8-30-18)28-20(27)25-26-21(28)31-11-13-3-6-15(24)9-16(13)23/h1-9H,10-11H2. The Kier molecular flexibility index (Phi) is 5.47. The van der Waals surface area contributed by atoms with Crippen molar-refractivity contribution in [2.75, 3.05) is 0 Å². The molecule has 156 valence electrons. The van der Waals surface area contributed by atoms with Crippen LogP contribution in [0.4, 0.5) is 4.39 Å². The summed E-state index contributed by atoms with van der Waals surface area (Å²) in [7, 11) is 0. The molecule has 0 N–H and O–H groups in total. The Morgan fingerprint density at radius 1 is 1.06 bits per heavy atom. The van der Waals surface area contributed by atoms with Crippen molar-refractivity contribution < 1.29 is 4.39 Å². The molecule has 0 unspecified atom stereocenters. The number of rotatable bonds is 5. The lowest BCUT2D eigenvalue weighted by Gasteiger charge is -2.10. The number of hydrogen-bond acceptors (Lipinski definition) is 5. The van der Waals surface area contributed by atoms with Crippen molar-refractivity contribution in [2.24, 2.45) is 0 Å². The number of nitrogens with zero attached hydrogens (tertiary/aromatic N) is 4. The number of fused-ring (bicyclic) bond motifs is 3. The number of halogens is 3. The highest BCUT2D eigenvalue weighted by Crippen LogP contribution is 2.29. The Hall–Kier alpha value is -2.39. The first-order valence-corrected chi connectivity index (χ1v) is 11.8. The quantitative estimate of drug-likeness (QED) is 0.288. The summed E-state index contributed by atoms with van der Waals surface area (Å²) in [6.07, 6.45) is 0. The molecule has 0 atom stereocenters. The molecule has 3 heterocycles. The zero-order chi connectivity index (χ0) is 21.5. The molecule has 0 fully saturated rings. The van der Waals surface area contributed by atoms with Crippen molar-refractivity contribution in [3.8, 4) is 0 Å². The van der Waals surface area contributed by atoms with E-state index in [-0.39, 0.29) is 11.4 Å². The van der Waals surface area contributed by atoms with Gasteiger partial charge in [-0.2, -0.15) is 0 Å². The fourth-order valence-electron chi connectivity index (χ4n) is 3.29. The van der Waals surface area contributed by atoms with Crippen molar-refractivity contribution in [3.63, 3.8) is 0 Å². The van der Waals surface area contributed by atoms with E-state index in [0.29, 0.717) is 38.0 Å². The molecule has 0 saturated heterocycles. The molecule has 2 aromatic carbocycles. The zero-order valence-electron chi connectivity index (χ0n) is 15.8. The van der Waals surface area contributed by atoms with E-state index in [1.165, 1.54) is 35.2 Å². The van der Waals surface area contributed by atoms with Crippen molar-refractivity contribution >= 4 is 62.3 Å².